The van der Waals surface area contributed by atoms with E-state index >= 15 is 0 Å². The Morgan fingerprint density at radius 2 is 2.36 bits per heavy atom. The predicted octanol–water partition coefficient (Wildman–Crippen LogP) is 1.32. The summed E-state index contributed by atoms with van der Waals surface area (Å²) in [4.78, 5) is 3.91. The first-order valence-corrected chi connectivity index (χ1v) is 4.28. The molecule has 0 saturated heterocycles. The number of hydrogen-bond acceptors (Lipinski definition) is 3. The van der Waals surface area contributed by atoms with E-state index in [0.717, 1.165) is 3.57 Å². The van der Waals surface area contributed by atoms with Crippen LogP contribution in [0.25, 0.3) is 0 Å². The van der Waals surface area contributed by atoms with Crippen molar-refractivity contribution in [1.82, 2.24) is 4.98 Å². The zero-order chi connectivity index (χ0) is 8.43. The normalized spacial score (nSPS) is 13.0. The number of hydrogen-bond donors (Lipinski definition) is 2. The molecule has 0 fully saturated rings. The van der Waals surface area contributed by atoms with Gasteiger partial charge in [-0.05, 0) is 35.6 Å². The van der Waals surface area contributed by atoms with Gasteiger partial charge in [0.1, 0.15) is 5.82 Å². The van der Waals surface area contributed by atoms with Gasteiger partial charge in [0.15, 0.2) is 0 Å². The van der Waals surface area contributed by atoms with Crippen LogP contribution in [-0.4, -0.2) is 10.1 Å². The smallest absolute Gasteiger partial charge is 0.129 e. The molecule has 0 aliphatic carbocycles. The van der Waals surface area contributed by atoms with Crippen LogP contribution in [0.5, 0.6) is 0 Å². The highest BCUT2D eigenvalue weighted by atomic mass is 127. The van der Waals surface area contributed by atoms with Crippen LogP contribution >= 0.6 is 22.6 Å². The molecule has 1 unspecified atom stereocenters. The molecule has 0 aliphatic heterocycles. The summed E-state index contributed by atoms with van der Waals surface area (Å²) in [6.07, 6.45) is 1.12. The van der Waals surface area contributed by atoms with Crippen molar-refractivity contribution in [2.24, 2.45) is 0 Å². The topological polar surface area (TPSA) is 59.1 Å². The summed E-state index contributed by atoms with van der Waals surface area (Å²) in [5, 5.41) is 9.21. The predicted molar refractivity (Wildman–Crippen MR) is 52.0 cm³/mol. The molecule has 3 N–H and O–H groups in total. The Morgan fingerprint density at radius 1 is 1.73 bits per heavy atom. The minimum Gasteiger partial charge on any atom is -0.389 e. The molecular formula is C7H9IN2O. The molecule has 1 heterocycles. The van der Waals surface area contributed by atoms with Crippen LogP contribution in [0.4, 0.5) is 5.82 Å². The number of pyridine rings is 1. The Morgan fingerprint density at radius 3 is 2.82 bits per heavy atom. The highest BCUT2D eigenvalue weighted by molar-refractivity contribution is 14.1. The van der Waals surface area contributed by atoms with Crippen LogP contribution in [0.15, 0.2) is 12.3 Å². The van der Waals surface area contributed by atoms with E-state index in [0.29, 0.717) is 11.4 Å². The molecule has 0 saturated carbocycles. The van der Waals surface area contributed by atoms with Crippen molar-refractivity contribution in [2.75, 3.05) is 5.73 Å². The van der Waals surface area contributed by atoms with Gasteiger partial charge >= 0.3 is 0 Å². The van der Waals surface area contributed by atoms with Crippen molar-refractivity contribution >= 4 is 28.4 Å². The summed E-state index contributed by atoms with van der Waals surface area (Å²) >= 11 is 2.13. The van der Waals surface area contributed by atoms with E-state index in [4.69, 9.17) is 5.73 Å². The van der Waals surface area contributed by atoms with E-state index in [2.05, 4.69) is 27.6 Å². The zero-order valence-electron chi connectivity index (χ0n) is 6.08. The van der Waals surface area contributed by atoms with Crippen LogP contribution in [0.3, 0.4) is 0 Å². The summed E-state index contributed by atoms with van der Waals surface area (Å²) < 4.78 is 0.979. The number of anilines is 1. The zero-order valence-corrected chi connectivity index (χ0v) is 8.24. The quantitative estimate of drug-likeness (QED) is 0.752. The number of aliphatic hydroxyl groups is 1. The SMILES string of the molecule is CC(O)c1cc(I)cnc1N. The number of nitrogens with two attached hydrogens (primary N) is 1. The summed E-state index contributed by atoms with van der Waals surface area (Å²) in [6, 6.07) is 1.83. The average Bonchev–Trinajstić information content (AvgIpc) is 1.94. The molecule has 3 nitrogen and oxygen atoms in total. The Kier molecular flexibility index (Phi) is 2.67. The fraction of sp³-hybridized carbons (Fsp3) is 0.286. The van der Waals surface area contributed by atoms with E-state index in [1.54, 1.807) is 13.1 Å². The van der Waals surface area contributed by atoms with Crippen LogP contribution < -0.4 is 5.73 Å². The van der Waals surface area contributed by atoms with Crippen LogP contribution in [0.1, 0.15) is 18.6 Å². The highest BCUT2D eigenvalue weighted by Gasteiger charge is 2.06. The van der Waals surface area contributed by atoms with Crippen molar-refractivity contribution in [3.05, 3.63) is 21.4 Å². The van der Waals surface area contributed by atoms with Gasteiger partial charge in [0.25, 0.3) is 0 Å². The Balaban J connectivity index is 3.13. The second-order valence-corrected chi connectivity index (χ2v) is 3.55. The van der Waals surface area contributed by atoms with Gasteiger partial charge in [-0.15, -0.1) is 0 Å². The van der Waals surface area contributed by atoms with E-state index in [-0.39, 0.29) is 0 Å². The maximum absolute atomic E-state index is 9.21. The van der Waals surface area contributed by atoms with Gasteiger partial charge in [-0.25, -0.2) is 4.98 Å². The lowest BCUT2D eigenvalue weighted by molar-refractivity contribution is 0.199. The summed E-state index contributed by atoms with van der Waals surface area (Å²) in [6.45, 7) is 1.67. The monoisotopic (exact) mass is 264 g/mol. The first-order chi connectivity index (χ1) is 5.11. The molecule has 1 atom stereocenters. The van der Waals surface area contributed by atoms with Crippen LogP contribution in [0, 0.1) is 3.57 Å². The van der Waals surface area contributed by atoms with Gasteiger partial charge in [0, 0.05) is 15.3 Å². The van der Waals surface area contributed by atoms with Crippen molar-refractivity contribution < 1.29 is 5.11 Å². The lowest BCUT2D eigenvalue weighted by Gasteiger charge is -2.06. The molecule has 1 aromatic heterocycles. The van der Waals surface area contributed by atoms with Gasteiger partial charge in [-0.3, -0.25) is 0 Å². The number of aliphatic hydroxyl groups excluding tert-OH is 1. The lowest BCUT2D eigenvalue weighted by atomic mass is 10.2. The number of rotatable bonds is 1. The molecule has 11 heavy (non-hydrogen) atoms. The van der Waals surface area contributed by atoms with E-state index in [9.17, 15) is 5.11 Å². The molecule has 0 amide bonds. The first-order valence-electron chi connectivity index (χ1n) is 3.20. The second kappa shape index (κ2) is 3.36. The van der Waals surface area contributed by atoms with Gasteiger partial charge < -0.3 is 10.8 Å². The Labute approximate surface area is 78.8 Å². The molecule has 0 aromatic carbocycles. The molecule has 0 aliphatic rings. The van der Waals surface area contributed by atoms with E-state index < -0.39 is 6.10 Å². The third kappa shape index (κ3) is 2.03. The molecule has 1 rings (SSSR count). The minimum atomic E-state index is -0.544. The number of nitrogens with zero attached hydrogens (tertiary/aromatic N) is 1. The van der Waals surface area contributed by atoms with E-state index in [1.165, 1.54) is 0 Å². The van der Waals surface area contributed by atoms with Crippen molar-refractivity contribution in [2.45, 2.75) is 13.0 Å². The van der Waals surface area contributed by atoms with Crippen LogP contribution in [-0.2, 0) is 0 Å². The first kappa shape index (κ1) is 8.73. The molecular weight excluding hydrogens is 255 g/mol. The molecule has 1 aromatic rings. The third-order valence-electron chi connectivity index (χ3n) is 1.37. The minimum absolute atomic E-state index is 0.403. The maximum atomic E-state index is 9.21. The lowest BCUT2D eigenvalue weighted by Crippen LogP contribution is -2.01. The van der Waals surface area contributed by atoms with Crippen molar-refractivity contribution in [3.8, 4) is 0 Å². The highest BCUT2D eigenvalue weighted by Crippen LogP contribution is 2.19. The van der Waals surface area contributed by atoms with Crippen molar-refractivity contribution in [3.63, 3.8) is 0 Å². The Bertz CT molecular complexity index is 263. The number of nitrogen functional groups attached to an aromatic ring is 1. The van der Waals surface area contributed by atoms with Gasteiger partial charge in [0.05, 0.1) is 6.10 Å². The van der Waals surface area contributed by atoms with Crippen molar-refractivity contribution in [1.29, 1.82) is 0 Å². The maximum Gasteiger partial charge on any atom is 0.129 e. The molecule has 60 valence electrons. The molecule has 4 heteroatoms. The van der Waals surface area contributed by atoms with Gasteiger partial charge in [0.2, 0.25) is 0 Å². The summed E-state index contributed by atoms with van der Waals surface area (Å²) in [7, 11) is 0. The third-order valence-corrected chi connectivity index (χ3v) is 1.96. The summed E-state index contributed by atoms with van der Waals surface area (Å²) in [5.41, 5.74) is 6.21. The second-order valence-electron chi connectivity index (χ2n) is 2.30. The fourth-order valence-electron chi connectivity index (χ4n) is 0.800. The number of aromatic nitrogens is 1. The number of halogens is 1. The summed E-state index contributed by atoms with van der Waals surface area (Å²) in [5.74, 6) is 0.403. The van der Waals surface area contributed by atoms with E-state index in [1.807, 2.05) is 6.07 Å². The largest absolute Gasteiger partial charge is 0.389 e. The molecule has 0 spiro atoms. The molecule has 0 bridgehead atoms. The standard InChI is InChI=1S/C7H9IN2O/c1-4(11)6-2-5(8)3-10-7(6)9/h2-4,11H,1H3,(H2,9,10). The Hall–Kier alpha value is -0.360. The van der Waals surface area contributed by atoms with Crippen LogP contribution in [0.2, 0.25) is 0 Å². The average molecular weight is 264 g/mol. The van der Waals surface area contributed by atoms with Gasteiger partial charge in [-0.2, -0.15) is 0 Å². The van der Waals surface area contributed by atoms with Gasteiger partial charge in [-0.1, -0.05) is 0 Å². The molecule has 0 radical (unpaired) electrons. The fourth-order valence-corrected chi connectivity index (χ4v) is 1.27.